The zero-order valence-corrected chi connectivity index (χ0v) is 17.7. The Bertz CT molecular complexity index is 758. The summed E-state index contributed by atoms with van der Waals surface area (Å²) < 4.78 is 2.71. The van der Waals surface area contributed by atoms with Crippen LogP contribution in [0.2, 0.25) is 5.02 Å². The maximum absolute atomic E-state index is 12.2. The number of hydrogen-bond acceptors (Lipinski definition) is 2. The van der Waals surface area contributed by atoms with Crippen molar-refractivity contribution in [2.45, 2.75) is 0 Å². The molecule has 2 aromatic carbocycles. The van der Waals surface area contributed by atoms with E-state index >= 15 is 0 Å². The topological polar surface area (TPSA) is 41.1 Å². The SMILES string of the molecule is O=C(NC(=S)Nc1ccc(Br)cc1I)c1cc(Br)ccc1Cl. The molecule has 0 aliphatic rings. The summed E-state index contributed by atoms with van der Waals surface area (Å²) in [6.45, 7) is 0. The van der Waals surface area contributed by atoms with Gasteiger partial charge in [-0.2, -0.15) is 0 Å². The summed E-state index contributed by atoms with van der Waals surface area (Å²) in [4.78, 5) is 12.2. The largest absolute Gasteiger partial charge is 0.332 e. The summed E-state index contributed by atoms with van der Waals surface area (Å²) in [6, 6.07) is 10.8. The van der Waals surface area contributed by atoms with E-state index in [0.717, 1.165) is 18.2 Å². The average Bonchev–Trinajstić information content (AvgIpc) is 2.44. The summed E-state index contributed by atoms with van der Waals surface area (Å²) in [7, 11) is 0. The van der Waals surface area contributed by atoms with Gasteiger partial charge in [0.05, 0.1) is 16.3 Å². The second-order valence-electron chi connectivity index (χ2n) is 4.16. The van der Waals surface area contributed by atoms with E-state index in [-0.39, 0.29) is 11.0 Å². The predicted molar refractivity (Wildman–Crippen MR) is 110 cm³/mol. The fraction of sp³-hybridized carbons (Fsp3) is 0. The zero-order valence-electron chi connectivity index (χ0n) is 10.8. The van der Waals surface area contributed by atoms with Crippen LogP contribution >= 0.6 is 78.3 Å². The van der Waals surface area contributed by atoms with Gasteiger partial charge in [-0.3, -0.25) is 10.1 Å². The van der Waals surface area contributed by atoms with Gasteiger partial charge in [-0.15, -0.1) is 0 Å². The quantitative estimate of drug-likeness (QED) is 0.363. The van der Waals surface area contributed by atoms with Crippen LogP contribution in [-0.2, 0) is 0 Å². The predicted octanol–water partition coefficient (Wildman–Crippen LogP) is 5.60. The van der Waals surface area contributed by atoms with Crippen molar-refractivity contribution in [2.75, 3.05) is 5.32 Å². The number of amides is 1. The van der Waals surface area contributed by atoms with Crippen LogP contribution in [0.25, 0.3) is 0 Å². The number of benzene rings is 2. The van der Waals surface area contributed by atoms with E-state index < -0.39 is 0 Å². The highest BCUT2D eigenvalue weighted by molar-refractivity contribution is 14.1. The third-order valence-corrected chi connectivity index (χ3v) is 4.99. The summed E-state index contributed by atoms with van der Waals surface area (Å²) in [5.74, 6) is -0.365. The fourth-order valence-electron chi connectivity index (χ4n) is 1.59. The average molecular weight is 574 g/mol. The Balaban J connectivity index is 2.08. The molecule has 0 aliphatic heterocycles. The maximum Gasteiger partial charge on any atom is 0.258 e. The van der Waals surface area contributed by atoms with E-state index in [4.69, 9.17) is 23.8 Å². The molecule has 2 rings (SSSR count). The Morgan fingerprint density at radius 3 is 2.45 bits per heavy atom. The van der Waals surface area contributed by atoms with Crippen molar-refractivity contribution < 1.29 is 4.79 Å². The Morgan fingerprint density at radius 1 is 1.14 bits per heavy atom. The van der Waals surface area contributed by atoms with Gasteiger partial charge in [0.2, 0.25) is 0 Å². The normalized spacial score (nSPS) is 10.2. The van der Waals surface area contributed by atoms with E-state index in [1.807, 2.05) is 18.2 Å². The highest BCUT2D eigenvalue weighted by atomic mass is 127. The van der Waals surface area contributed by atoms with Crippen LogP contribution in [0.4, 0.5) is 5.69 Å². The molecule has 0 saturated heterocycles. The summed E-state index contributed by atoms with van der Waals surface area (Å²) >= 11 is 20.1. The van der Waals surface area contributed by atoms with Gasteiger partial charge in [-0.25, -0.2) is 0 Å². The van der Waals surface area contributed by atoms with Gasteiger partial charge in [-0.1, -0.05) is 43.5 Å². The Kier molecular flexibility index (Phi) is 6.63. The molecule has 0 bridgehead atoms. The molecule has 3 nitrogen and oxygen atoms in total. The molecule has 0 radical (unpaired) electrons. The molecule has 0 atom stereocenters. The molecule has 2 N–H and O–H groups in total. The molecule has 0 heterocycles. The highest BCUT2D eigenvalue weighted by Gasteiger charge is 2.13. The van der Waals surface area contributed by atoms with Crippen molar-refractivity contribution in [2.24, 2.45) is 0 Å². The molecular weight excluding hydrogens is 566 g/mol. The van der Waals surface area contributed by atoms with Gasteiger partial charge in [0.1, 0.15) is 0 Å². The molecule has 0 unspecified atom stereocenters. The van der Waals surface area contributed by atoms with Gasteiger partial charge in [0.25, 0.3) is 5.91 Å². The minimum Gasteiger partial charge on any atom is -0.332 e. The lowest BCUT2D eigenvalue weighted by molar-refractivity contribution is 0.0978. The van der Waals surface area contributed by atoms with Gasteiger partial charge < -0.3 is 5.32 Å². The Labute approximate surface area is 168 Å². The van der Waals surface area contributed by atoms with E-state index in [1.54, 1.807) is 18.2 Å². The van der Waals surface area contributed by atoms with Crippen LogP contribution in [0.5, 0.6) is 0 Å². The molecule has 0 fully saturated rings. The summed E-state index contributed by atoms with van der Waals surface area (Å²) in [6.07, 6.45) is 0. The van der Waals surface area contributed by atoms with Crippen LogP contribution in [0.1, 0.15) is 10.4 Å². The van der Waals surface area contributed by atoms with Crippen LogP contribution in [0, 0.1) is 3.57 Å². The first-order chi connectivity index (χ1) is 10.4. The molecule has 2 aromatic rings. The van der Waals surface area contributed by atoms with Crippen LogP contribution in [-0.4, -0.2) is 11.0 Å². The van der Waals surface area contributed by atoms with Crippen molar-refractivity contribution >= 4 is 95.0 Å². The highest BCUT2D eigenvalue weighted by Crippen LogP contribution is 2.23. The van der Waals surface area contributed by atoms with Gasteiger partial charge in [0.15, 0.2) is 5.11 Å². The summed E-state index contributed by atoms with van der Waals surface area (Å²) in [5.41, 5.74) is 1.17. The molecule has 8 heteroatoms. The lowest BCUT2D eigenvalue weighted by Gasteiger charge is -2.12. The third-order valence-electron chi connectivity index (χ3n) is 2.58. The van der Waals surface area contributed by atoms with E-state index in [0.29, 0.717) is 10.6 Å². The van der Waals surface area contributed by atoms with E-state index in [2.05, 4.69) is 65.1 Å². The molecule has 0 saturated carbocycles. The van der Waals surface area contributed by atoms with E-state index in [1.165, 1.54) is 0 Å². The van der Waals surface area contributed by atoms with Crippen LogP contribution in [0.15, 0.2) is 45.3 Å². The molecule has 0 spiro atoms. The number of carbonyl (C=O) groups is 1. The standard InChI is InChI=1S/C14H8Br2ClIN2OS/c15-7-1-3-10(17)9(5-7)13(21)20-14(22)19-12-4-2-8(16)6-11(12)18/h1-6H,(H2,19,20,21,22). The first kappa shape index (κ1) is 18.1. The minimum absolute atomic E-state index is 0.210. The van der Waals surface area contributed by atoms with Crippen molar-refractivity contribution in [1.82, 2.24) is 5.32 Å². The first-order valence-corrected chi connectivity index (χ1v) is 9.34. The van der Waals surface area contributed by atoms with Crippen molar-refractivity contribution in [3.63, 3.8) is 0 Å². The Morgan fingerprint density at radius 2 is 1.77 bits per heavy atom. The second kappa shape index (κ2) is 8.05. The number of rotatable bonds is 2. The third kappa shape index (κ3) is 4.89. The Hall–Kier alpha value is -0.220. The molecular formula is C14H8Br2ClIN2OS. The van der Waals surface area contributed by atoms with Crippen molar-refractivity contribution in [3.8, 4) is 0 Å². The van der Waals surface area contributed by atoms with Gasteiger partial charge in [0, 0.05) is 12.5 Å². The summed E-state index contributed by atoms with van der Waals surface area (Å²) in [5, 5.41) is 6.18. The van der Waals surface area contributed by atoms with Gasteiger partial charge in [-0.05, 0) is 71.2 Å². The first-order valence-electron chi connectivity index (χ1n) is 5.89. The van der Waals surface area contributed by atoms with Gasteiger partial charge >= 0.3 is 0 Å². The monoisotopic (exact) mass is 572 g/mol. The van der Waals surface area contributed by atoms with Crippen LogP contribution in [0.3, 0.4) is 0 Å². The van der Waals surface area contributed by atoms with Crippen molar-refractivity contribution in [3.05, 3.63) is 59.5 Å². The number of thiocarbonyl (C=S) groups is 1. The smallest absolute Gasteiger partial charge is 0.258 e. The lowest BCUT2D eigenvalue weighted by atomic mass is 10.2. The molecule has 114 valence electrons. The van der Waals surface area contributed by atoms with Crippen LogP contribution < -0.4 is 10.6 Å². The molecule has 0 aromatic heterocycles. The lowest BCUT2D eigenvalue weighted by Crippen LogP contribution is -2.34. The molecule has 1 amide bonds. The zero-order chi connectivity index (χ0) is 16.3. The maximum atomic E-state index is 12.2. The fourth-order valence-corrected chi connectivity index (χ4v) is 3.79. The number of hydrogen-bond donors (Lipinski definition) is 2. The number of carbonyl (C=O) groups excluding carboxylic acids is 1. The second-order valence-corrected chi connectivity index (χ2v) is 7.97. The minimum atomic E-state index is -0.365. The van der Waals surface area contributed by atoms with Crippen molar-refractivity contribution in [1.29, 1.82) is 0 Å². The molecule has 0 aliphatic carbocycles. The molecule has 22 heavy (non-hydrogen) atoms. The van der Waals surface area contributed by atoms with E-state index in [9.17, 15) is 4.79 Å². The number of halogens is 4. The number of nitrogens with one attached hydrogen (secondary N) is 2. The number of anilines is 1.